The quantitative estimate of drug-likeness (QED) is 0.611. The third kappa shape index (κ3) is 3.84. The van der Waals surface area contributed by atoms with Crippen LogP contribution in [0.1, 0.15) is 48.2 Å². The summed E-state index contributed by atoms with van der Waals surface area (Å²) < 4.78 is 5.56. The molecule has 1 aliphatic rings. The molecule has 1 unspecified atom stereocenters. The molecule has 3 aromatic rings. The number of H-pyrrole nitrogens is 1. The molecule has 0 bridgehead atoms. The third-order valence-electron chi connectivity index (χ3n) is 5.89. The third-order valence-corrected chi connectivity index (χ3v) is 5.89. The molecule has 0 aliphatic heterocycles. The number of nitrogens with one attached hydrogen (secondary N) is 1. The molecule has 2 aromatic heterocycles. The van der Waals surface area contributed by atoms with Crippen molar-refractivity contribution in [1.82, 2.24) is 20.3 Å². The van der Waals surface area contributed by atoms with Crippen molar-refractivity contribution < 1.29 is 14.7 Å². The maximum atomic E-state index is 9.79. The highest BCUT2D eigenvalue weighted by molar-refractivity contribution is 5.63. The number of hydrogen-bond acceptors (Lipinski definition) is 6. The van der Waals surface area contributed by atoms with Crippen molar-refractivity contribution in [2.24, 2.45) is 5.41 Å². The summed E-state index contributed by atoms with van der Waals surface area (Å²) in [7, 11) is 0. The van der Waals surface area contributed by atoms with Crippen molar-refractivity contribution in [3.63, 3.8) is 0 Å². The zero-order chi connectivity index (χ0) is 20.8. The van der Waals surface area contributed by atoms with Crippen molar-refractivity contribution in [2.75, 3.05) is 6.61 Å². The number of aryl methyl sites for hydroxylation is 2. The van der Waals surface area contributed by atoms with Crippen LogP contribution >= 0.6 is 0 Å². The number of aliphatic hydroxyl groups excluding tert-OH is 2. The van der Waals surface area contributed by atoms with Gasteiger partial charge in [0.15, 0.2) is 5.69 Å². The first kappa shape index (κ1) is 19.8. The Morgan fingerprint density at radius 3 is 2.66 bits per heavy atom. The van der Waals surface area contributed by atoms with Crippen molar-refractivity contribution in [3.05, 3.63) is 40.1 Å². The van der Waals surface area contributed by atoms with E-state index in [1.807, 2.05) is 26.0 Å². The Morgan fingerprint density at radius 1 is 1.24 bits per heavy atom. The van der Waals surface area contributed by atoms with E-state index >= 15 is 0 Å². The van der Waals surface area contributed by atoms with Gasteiger partial charge in [-0.2, -0.15) is 10.1 Å². The van der Waals surface area contributed by atoms with Crippen LogP contribution in [0.5, 0.6) is 0 Å². The predicted octanol–water partition coefficient (Wildman–Crippen LogP) is 3.15. The lowest BCUT2D eigenvalue weighted by atomic mass is 9.76. The molecular formula is C22H28N4O3. The minimum atomic E-state index is -0.758. The Morgan fingerprint density at radius 2 is 1.97 bits per heavy atom. The molecule has 154 valence electrons. The predicted molar refractivity (Wildman–Crippen MR) is 109 cm³/mol. The molecule has 1 atom stereocenters. The summed E-state index contributed by atoms with van der Waals surface area (Å²) in [5.74, 6) is 0.959. The average molecular weight is 396 g/mol. The number of fused-ring (bicyclic) bond motifs is 1. The van der Waals surface area contributed by atoms with Gasteiger partial charge in [0, 0.05) is 23.2 Å². The van der Waals surface area contributed by atoms with E-state index in [1.165, 1.54) is 5.56 Å². The summed E-state index contributed by atoms with van der Waals surface area (Å²) in [4.78, 5) is 4.61. The second-order valence-corrected chi connectivity index (χ2v) is 8.92. The van der Waals surface area contributed by atoms with Gasteiger partial charge in [-0.3, -0.25) is 5.10 Å². The first-order valence-corrected chi connectivity index (χ1v) is 10.1. The zero-order valence-corrected chi connectivity index (χ0v) is 17.4. The number of benzene rings is 1. The second kappa shape index (κ2) is 7.39. The van der Waals surface area contributed by atoms with Crippen LogP contribution in [0.15, 0.2) is 16.7 Å². The van der Waals surface area contributed by atoms with Crippen LogP contribution in [0.4, 0.5) is 0 Å². The number of aliphatic hydroxyl groups is 2. The van der Waals surface area contributed by atoms with E-state index in [9.17, 15) is 5.11 Å². The van der Waals surface area contributed by atoms with Crippen molar-refractivity contribution >= 4 is 0 Å². The highest BCUT2D eigenvalue weighted by Gasteiger charge is 2.30. The lowest BCUT2D eigenvalue weighted by molar-refractivity contribution is 0.0953. The molecule has 0 amide bonds. The molecule has 7 heteroatoms. The van der Waals surface area contributed by atoms with Gasteiger partial charge in [-0.15, -0.1) is 0 Å². The Balaban J connectivity index is 1.63. The van der Waals surface area contributed by atoms with Gasteiger partial charge in [0.05, 0.1) is 12.7 Å². The van der Waals surface area contributed by atoms with Gasteiger partial charge in [-0.25, -0.2) is 0 Å². The van der Waals surface area contributed by atoms with Crippen LogP contribution in [0.2, 0.25) is 0 Å². The molecule has 0 saturated carbocycles. The lowest BCUT2D eigenvalue weighted by Crippen LogP contribution is -2.21. The van der Waals surface area contributed by atoms with E-state index in [1.54, 1.807) is 0 Å². The minimum Gasteiger partial charge on any atom is -0.394 e. The fourth-order valence-corrected chi connectivity index (χ4v) is 4.21. The maximum Gasteiger partial charge on any atom is 0.279 e. The molecule has 0 saturated heterocycles. The molecule has 4 rings (SSSR count). The fraction of sp³-hybridized carbons (Fsp3) is 0.500. The molecule has 0 radical (unpaired) electrons. The van der Waals surface area contributed by atoms with Gasteiger partial charge in [-0.05, 0) is 67.3 Å². The molecule has 29 heavy (non-hydrogen) atoms. The fourth-order valence-electron chi connectivity index (χ4n) is 4.21. The topological polar surface area (TPSA) is 108 Å². The molecule has 3 N–H and O–H groups in total. The van der Waals surface area contributed by atoms with E-state index in [4.69, 9.17) is 9.63 Å². The Hall–Kier alpha value is -2.51. The summed E-state index contributed by atoms with van der Waals surface area (Å²) in [6, 6.07) is 3.98. The lowest BCUT2D eigenvalue weighted by Gasteiger charge is -2.28. The van der Waals surface area contributed by atoms with Crippen LogP contribution < -0.4 is 0 Å². The van der Waals surface area contributed by atoms with Crippen LogP contribution in [-0.2, 0) is 19.3 Å². The van der Waals surface area contributed by atoms with Crippen LogP contribution in [-0.4, -0.2) is 43.3 Å². The smallest absolute Gasteiger partial charge is 0.279 e. The van der Waals surface area contributed by atoms with Gasteiger partial charge in [0.1, 0.15) is 0 Å². The first-order chi connectivity index (χ1) is 13.8. The summed E-state index contributed by atoms with van der Waals surface area (Å²) in [5.41, 5.74) is 7.32. The van der Waals surface area contributed by atoms with Gasteiger partial charge in [0.2, 0.25) is 5.82 Å². The molecule has 2 heterocycles. The second-order valence-electron chi connectivity index (χ2n) is 8.92. The minimum absolute atomic E-state index is 0.250. The first-order valence-electron chi connectivity index (χ1n) is 10.1. The summed E-state index contributed by atoms with van der Waals surface area (Å²) in [6.45, 7) is 8.27. The van der Waals surface area contributed by atoms with E-state index in [0.29, 0.717) is 18.1 Å². The SMILES string of the molecule is Cc1cc(-c2noc(-c3n[nH]c4c3CCC(C)(C)C4)n2)cc(C)c1CC(O)CO. The van der Waals surface area contributed by atoms with Gasteiger partial charge >= 0.3 is 0 Å². The number of hydrogen-bond donors (Lipinski definition) is 3. The molecule has 0 fully saturated rings. The van der Waals surface area contributed by atoms with Gasteiger partial charge in [-0.1, -0.05) is 19.0 Å². The highest BCUT2D eigenvalue weighted by Crippen LogP contribution is 2.37. The van der Waals surface area contributed by atoms with Crippen LogP contribution in [0.3, 0.4) is 0 Å². The summed E-state index contributed by atoms with van der Waals surface area (Å²) >= 11 is 0. The van der Waals surface area contributed by atoms with Crippen LogP contribution in [0.25, 0.3) is 23.0 Å². The Kier molecular flexibility index (Phi) is 5.04. The Bertz CT molecular complexity index is 1010. The number of aromatic amines is 1. The molecule has 1 aromatic carbocycles. The van der Waals surface area contributed by atoms with Crippen LogP contribution in [0, 0.1) is 19.3 Å². The molecule has 0 spiro atoms. The van der Waals surface area contributed by atoms with Crippen molar-refractivity contribution in [1.29, 1.82) is 0 Å². The van der Waals surface area contributed by atoms with Gasteiger partial charge in [0.25, 0.3) is 5.89 Å². The summed E-state index contributed by atoms with van der Waals surface area (Å²) in [6.07, 6.45) is 2.68. The van der Waals surface area contributed by atoms with E-state index in [0.717, 1.165) is 52.9 Å². The summed E-state index contributed by atoms with van der Waals surface area (Å²) in [5, 5.41) is 30.7. The number of nitrogens with zero attached hydrogens (tertiary/aromatic N) is 3. The normalized spacial score (nSPS) is 16.6. The average Bonchev–Trinajstić information content (AvgIpc) is 3.29. The molecular weight excluding hydrogens is 368 g/mol. The van der Waals surface area contributed by atoms with E-state index in [-0.39, 0.29) is 12.0 Å². The largest absolute Gasteiger partial charge is 0.394 e. The zero-order valence-electron chi connectivity index (χ0n) is 17.4. The van der Waals surface area contributed by atoms with Crippen molar-refractivity contribution in [3.8, 4) is 23.0 Å². The van der Waals surface area contributed by atoms with Gasteiger partial charge < -0.3 is 14.7 Å². The van der Waals surface area contributed by atoms with E-state index < -0.39 is 6.10 Å². The highest BCUT2D eigenvalue weighted by atomic mass is 16.5. The molecule has 7 nitrogen and oxygen atoms in total. The maximum absolute atomic E-state index is 9.79. The molecule has 1 aliphatic carbocycles. The number of rotatable bonds is 5. The van der Waals surface area contributed by atoms with Crippen molar-refractivity contribution in [2.45, 2.75) is 59.5 Å². The monoisotopic (exact) mass is 396 g/mol. The Labute approximate surface area is 170 Å². The number of aromatic nitrogens is 4. The van der Waals surface area contributed by atoms with E-state index in [2.05, 4.69) is 34.2 Å². The standard InChI is InChI=1S/C22H28N4O3/c1-12-7-14(8-13(2)17(12)9-15(28)11-27)20-23-21(29-26-20)19-16-5-6-22(3,4)10-18(16)24-25-19/h7-8,15,27-28H,5-6,9-11H2,1-4H3,(H,24,25).